The molecule has 2 atom stereocenters. The van der Waals surface area contributed by atoms with Crippen LogP contribution in [-0.4, -0.2) is 17.3 Å². The predicted octanol–water partition coefficient (Wildman–Crippen LogP) is 1.38. The van der Waals surface area contributed by atoms with Crippen LogP contribution in [0.15, 0.2) is 17.3 Å². The number of hydrogen-bond acceptors (Lipinski definition) is 2. The molecule has 0 bridgehead atoms. The fourth-order valence-corrected chi connectivity index (χ4v) is 0.976. The molecule has 0 aromatic heterocycles. The highest BCUT2D eigenvalue weighted by molar-refractivity contribution is 4.97. The minimum atomic E-state index is -0.485. The summed E-state index contributed by atoms with van der Waals surface area (Å²) in [5.74, 6) is 0. The summed E-state index contributed by atoms with van der Waals surface area (Å²) in [5, 5.41) is 12.6. The van der Waals surface area contributed by atoms with E-state index in [-0.39, 0.29) is 6.04 Å². The summed E-state index contributed by atoms with van der Waals surface area (Å²) in [7, 11) is 0. The summed E-state index contributed by atoms with van der Waals surface area (Å²) >= 11 is 0. The van der Waals surface area contributed by atoms with Crippen molar-refractivity contribution < 1.29 is 5.11 Å². The molecule has 1 rings (SSSR count). The van der Waals surface area contributed by atoms with Gasteiger partial charge in [0.25, 0.3) is 0 Å². The third-order valence-corrected chi connectivity index (χ3v) is 1.57. The lowest BCUT2D eigenvalue weighted by Crippen LogP contribution is -2.24. The largest absolute Gasteiger partial charge is 0.392 e. The summed E-state index contributed by atoms with van der Waals surface area (Å²) in [6.07, 6.45) is 4.59. The molecule has 0 aromatic rings. The second-order valence-electron chi connectivity index (χ2n) is 2.28. The van der Waals surface area contributed by atoms with Crippen LogP contribution in [0.5, 0.6) is 0 Å². The zero-order valence-electron chi connectivity index (χ0n) is 5.51. The lowest BCUT2D eigenvalue weighted by molar-refractivity contribution is 0.143. The highest BCUT2D eigenvalue weighted by atomic mass is 16.3. The smallest absolute Gasteiger partial charge is 0.0671 e. The lowest BCUT2D eigenvalue weighted by Gasteiger charge is -2.18. The minimum absolute atomic E-state index is 0.255. The first-order chi connectivity index (χ1) is 4.84. The quantitative estimate of drug-likeness (QED) is 0.253. The number of hydrogen-bond donors (Lipinski definition) is 1. The maximum Gasteiger partial charge on any atom is 0.0671 e. The van der Waals surface area contributed by atoms with E-state index in [1.54, 1.807) is 0 Å². The zero-order chi connectivity index (χ0) is 7.40. The molecular weight excluding hydrogens is 130 g/mol. The molecule has 4 nitrogen and oxygen atoms in total. The first kappa shape index (κ1) is 7.12. The van der Waals surface area contributed by atoms with Gasteiger partial charge in [0.2, 0.25) is 0 Å². The van der Waals surface area contributed by atoms with E-state index in [1.807, 2.05) is 12.2 Å². The molecule has 2 unspecified atom stereocenters. The van der Waals surface area contributed by atoms with Gasteiger partial charge in [-0.05, 0) is 18.4 Å². The first-order valence-electron chi connectivity index (χ1n) is 3.22. The third kappa shape index (κ3) is 1.50. The highest BCUT2D eigenvalue weighted by Gasteiger charge is 2.17. The number of azide groups is 1. The Balaban J connectivity index is 2.58. The van der Waals surface area contributed by atoms with Gasteiger partial charge in [-0.15, -0.1) is 0 Å². The minimum Gasteiger partial charge on any atom is -0.392 e. The monoisotopic (exact) mass is 139 g/mol. The molecule has 4 heteroatoms. The Labute approximate surface area is 58.8 Å². The Morgan fingerprint density at radius 3 is 2.80 bits per heavy atom. The van der Waals surface area contributed by atoms with E-state index in [2.05, 4.69) is 10.0 Å². The van der Waals surface area contributed by atoms with Crippen molar-refractivity contribution in [3.8, 4) is 0 Å². The summed E-state index contributed by atoms with van der Waals surface area (Å²) < 4.78 is 0. The molecule has 0 aliphatic heterocycles. The van der Waals surface area contributed by atoms with E-state index in [0.29, 0.717) is 12.8 Å². The van der Waals surface area contributed by atoms with E-state index in [1.165, 1.54) is 0 Å². The van der Waals surface area contributed by atoms with Crippen molar-refractivity contribution in [2.24, 2.45) is 5.11 Å². The van der Waals surface area contributed by atoms with Gasteiger partial charge in [0.05, 0.1) is 12.1 Å². The Bertz CT molecular complexity index is 183. The van der Waals surface area contributed by atoms with Gasteiger partial charge >= 0.3 is 0 Å². The van der Waals surface area contributed by atoms with Crippen molar-refractivity contribution >= 4 is 0 Å². The molecule has 1 aliphatic rings. The summed E-state index contributed by atoms with van der Waals surface area (Å²) in [4.78, 5) is 2.64. The Hall–Kier alpha value is -0.990. The van der Waals surface area contributed by atoms with Gasteiger partial charge in [-0.1, -0.05) is 17.3 Å². The average molecular weight is 139 g/mol. The molecule has 54 valence electrons. The van der Waals surface area contributed by atoms with Gasteiger partial charge in [-0.2, -0.15) is 0 Å². The molecular formula is C6H9N3O. The van der Waals surface area contributed by atoms with E-state index in [9.17, 15) is 5.11 Å². The third-order valence-electron chi connectivity index (χ3n) is 1.57. The molecule has 1 aliphatic carbocycles. The van der Waals surface area contributed by atoms with Crippen LogP contribution in [-0.2, 0) is 0 Å². The van der Waals surface area contributed by atoms with Crippen LogP contribution in [0.1, 0.15) is 12.8 Å². The van der Waals surface area contributed by atoms with Crippen molar-refractivity contribution in [1.82, 2.24) is 0 Å². The molecule has 0 heterocycles. The van der Waals surface area contributed by atoms with Crippen LogP contribution in [0.4, 0.5) is 0 Å². The van der Waals surface area contributed by atoms with E-state index in [0.717, 1.165) is 0 Å². The van der Waals surface area contributed by atoms with Crippen LogP contribution < -0.4 is 0 Å². The van der Waals surface area contributed by atoms with Gasteiger partial charge in [-0.3, -0.25) is 0 Å². The number of nitrogens with zero attached hydrogens (tertiary/aromatic N) is 3. The Kier molecular flexibility index (Phi) is 2.31. The molecule has 0 aromatic carbocycles. The standard InChI is InChI=1S/C6H9N3O/c7-9-8-5-3-1-2-4-6(5)10/h1-2,5-6,10H,3-4H2. The van der Waals surface area contributed by atoms with Crippen LogP contribution >= 0.6 is 0 Å². The van der Waals surface area contributed by atoms with Crippen LogP contribution in [0.2, 0.25) is 0 Å². The highest BCUT2D eigenvalue weighted by Crippen LogP contribution is 2.14. The van der Waals surface area contributed by atoms with Gasteiger partial charge in [0, 0.05) is 4.91 Å². The van der Waals surface area contributed by atoms with Crippen molar-refractivity contribution in [3.05, 3.63) is 22.6 Å². The molecule has 1 N–H and O–H groups in total. The second kappa shape index (κ2) is 3.25. The predicted molar refractivity (Wildman–Crippen MR) is 37.3 cm³/mol. The van der Waals surface area contributed by atoms with Gasteiger partial charge < -0.3 is 5.11 Å². The van der Waals surface area contributed by atoms with Gasteiger partial charge in [0.15, 0.2) is 0 Å². The number of rotatable bonds is 1. The van der Waals surface area contributed by atoms with E-state index in [4.69, 9.17) is 5.53 Å². The molecule has 0 saturated carbocycles. The topological polar surface area (TPSA) is 69.0 Å². The first-order valence-corrected chi connectivity index (χ1v) is 3.22. The molecule has 0 saturated heterocycles. The zero-order valence-corrected chi connectivity index (χ0v) is 5.51. The maximum atomic E-state index is 9.18. The maximum absolute atomic E-state index is 9.18. The number of aliphatic hydroxyl groups is 1. The SMILES string of the molecule is [N-]=[N+]=NC1CC=CCC1O. The second-order valence-corrected chi connectivity index (χ2v) is 2.28. The van der Waals surface area contributed by atoms with Gasteiger partial charge in [-0.25, -0.2) is 0 Å². The summed E-state index contributed by atoms with van der Waals surface area (Å²) in [6, 6.07) is -0.255. The fraction of sp³-hybridized carbons (Fsp3) is 0.667. The van der Waals surface area contributed by atoms with Crippen molar-refractivity contribution in [1.29, 1.82) is 0 Å². The molecule has 0 fully saturated rings. The summed E-state index contributed by atoms with van der Waals surface area (Å²) in [6.45, 7) is 0. The molecule has 10 heavy (non-hydrogen) atoms. The molecule has 0 radical (unpaired) electrons. The Morgan fingerprint density at radius 2 is 2.20 bits per heavy atom. The van der Waals surface area contributed by atoms with Crippen molar-refractivity contribution in [2.45, 2.75) is 25.0 Å². The van der Waals surface area contributed by atoms with E-state index < -0.39 is 6.10 Å². The van der Waals surface area contributed by atoms with Gasteiger partial charge in [0.1, 0.15) is 0 Å². The Morgan fingerprint density at radius 1 is 1.50 bits per heavy atom. The van der Waals surface area contributed by atoms with Crippen molar-refractivity contribution in [3.63, 3.8) is 0 Å². The normalized spacial score (nSPS) is 31.3. The molecule has 0 spiro atoms. The fourth-order valence-electron chi connectivity index (χ4n) is 0.976. The van der Waals surface area contributed by atoms with Crippen LogP contribution in [0, 0.1) is 0 Å². The number of aliphatic hydroxyl groups excluding tert-OH is 1. The van der Waals surface area contributed by atoms with E-state index >= 15 is 0 Å². The van der Waals surface area contributed by atoms with Crippen molar-refractivity contribution in [2.75, 3.05) is 0 Å². The lowest BCUT2D eigenvalue weighted by atomic mass is 10.00. The van der Waals surface area contributed by atoms with Crippen LogP contribution in [0.3, 0.4) is 0 Å². The summed E-state index contributed by atoms with van der Waals surface area (Å²) in [5.41, 5.74) is 8.06. The molecule has 0 amide bonds. The average Bonchev–Trinajstić information content (AvgIpc) is 1.94. The van der Waals surface area contributed by atoms with Crippen LogP contribution in [0.25, 0.3) is 10.4 Å².